The van der Waals surface area contributed by atoms with Crippen LogP contribution in [0.15, 0.2) is 42.7 Å². The van der Waals surface area contributed by atoms with Gasteiger partial charge < -0.3 is 15.1 Å². The molecule has 1 aromatic carbocycles. The minimum absolute atomic E-state index is 0.722. The Hall–Kier alpha value is -3.22. The van der Waals surface area contributed by atoms with Crippen LogP contribution < -0.4 is 10.2 Å². The van der Waals surface area contributed by atoms with Crippen molar-refractivity contribution in [3.63, 3.8) is 0 Å². The van der Waals surface area contributed by atoms with E-state index in [0.717, 1.165) is 66.4 Å². The van der Waals surface area contributed by atoms with E-state index >= 15 is 0 Å². The van der Waals surface area contributed by atoms with E-state index in [1.54, 1.807) is 12.4 Å². The molecule has 3 heterocycles. The highest BCUT2D eigenvalue weighted by Gasteiger charge is 2.16. The van der Waals surface area contributed by atoms with Gasteiger partial charge in [-0.2, -0.15) is 0 Å². The quantitative estimate of drug-likeness (QED) is 0.727. The Kier molecular flexibility index (Phi) is 4.35. The number of rotatable bonds is 4. The minimum Gasteiger partial charge on any atom is -0.371 e. The number of amides is 1. The number of aromatic nitrogens is 3. The zero-order valence-electron chi connectivity index (χ0n) is 14.6. The molecule has 0 atom stereocenters. The number of nitrogens with zero attached hydrogens (tertiary/aromatic N) is 5. The first-order valence-corrected chi connectivity index (χ1v) is 8.63. The van der Waals surface area contributed by atoms with Crippen LogP contribution in [0.2, 0.25) is 0 Å². The number of pyridine rings is 1. The molecule has 2 aromatic heterocycles. The normalized spacial score (nSPS) is 14.5. The fraction of sp³-hybridized carbons (Fsp3) is 0.263. The van der Waals surface area contributed by atoms with Crippen molar-refractivity contribution in [2.45, 2.75) is 0 Å². The van der Waals surface area contributed by atoms with Gasteiger partial charge in [0.25, 0.3) is 0 Å². The lowest BCUT2D eigenvalue weighted by Crippen LogP contribution is -2.45. The fourth-order valence-electron chi connectivity index (χ4n) is 3.22. The summed E-state index contributed by atoms with van der Waals surface area (Å²) >= 11 is 0. The Labute approximate surface area is 151 Å². The predicted octanol–water partition coefficient (Wildman–Crippen LogP) is 2.01. The summed E-state index contributed by atoms with van der Waals surface area (Å²) in [5.41, 5.74) is 4.64. The molecule has 0 bridgehead atoms. The number of carbonyl (C=O) groups is 1. The molecule has 1 fully saturated rings. The van der Waals surface area contributed by atoms with Crippen LogP contribution in [0.4, 0.5) is 11.5 Å². The molecule has 1 amide bonds. The summed E-state index contributed by atoms with van der Waals surface area (Å²) in [5, 5.41) is 3.10. The van der Waals surface area contributed by atoms with E-state index in [-0.39, 0.29) is 0 Å². The van der Waals surface area contributed by atoms with E-state index < -0.39 is 0 Å². The molecule has 4 rings (SSSR count). The lowest BCUT2D eigenvalue weighted by atomic mass is 10.1. The molecule has 7 nitrogen and oxygen atoms in total. The molecular formula is C19H20N6O. The molecule has 1 aliphatic heterocycles. The van der Waals surface area contributed by atoms with Crippen LogP contribution in [0.1, 0.15) is 0 Å². The van der Waals surface area contributed by atoms with Gasteiger partial charge in [0.15, 0.2) is 5.82 Å². The Morgan fingerprint density at radius 2 is 1.77 bits per heavy atom. The van der Waals surface area contributed by atoms with Crippen LogP contribution in [0.25, 0.3) is 22.3 Å². The van der Waals surface area contributed by atoms with Crippen molar-refractivity contribution in [2.75, 3.05) is 43.4 Å². The van der Waals surface area contributed by atoms with Gasteiger partial charge in [0.1, 0.15) is 5.52 Å². The van der Waals surface area contributed by atoms with E-state index in [9.17, 15) is 4.79 Å². The largest absolute Gasteiger partial charge is 0.371 e. The summed E-state index contributed by atoms with van der Waals surface area (Å²) in [7, 11) is 1.84. The molecule has 1 aliphatic rings. The van der Waals surface area contributed by atoms with Gasteiger partial charge in [0, 0.05) is 56.9 Å². The van der Waals surface area contributed by atoms with Crippen molar-refractivity contribution in [2.24, 2.45) is 0 Å². The second-order valence-corrected chi connectivity index (χ2v) is 6.21. The third-order valence-corrected chi connectivity index (χ3v) is 4.68. The number of fused-ring (bicyclic) bond motifs is 1. The predicted molar refractivity (Wildman–Crippen MR) is 102 cm³/mol. The molecule has 0 spiro atoms. The maximum atomic E-state index is 10.8. The zero-order chi connectivity index (χ0) is 17.9. The second-order valence-electron chi connectivity index (χ2n) is 6.21. The lowest BCUT2D eigenvalue weighted by molar-refractivity contribution is -0.118. The molecular weight excluding hydrogens is 328 g/mol. The highest BCUT2D eigenvalue weighted by atomic mass is 16.1. The molecule has 26 heavy (non-hydrogen) atoms. The van der Waals surface area contributed by atoms with Crippen molar-refractivity contribution in [1.29, 1.82) is 0 Å². The molecule has 1 N–H and O–H groups in total. The van der Waals surface area contributed by atoms with Crippen LogP contribution in [-0.4, -0.2) is 59.5 Å². The number of benzene rings is 1. The van der Waals surface area contributed by atoms with Crippen LogP contribution in [0, 0.1) is 0 Å². The number of piperazine rings is 1. The first-order chi connectivity index (χ1) is 12.8. The number of anilines is 2. The van der Waals surface area contributed by atoms with E-state index in [1.165, 1.54) is 0 Å². The van der Waals surface area contributed by atoms with Crippen molar-refractivity contribution < 1.29 is 4.79 Å². The van der Waals surface area contributed by atoms with Gasteiger partial charge in [0.05, 0.1) is 11.2 Å². The van der Waals surface area contributed by atoms with Gasteiger partial charge in [-0.3, -0.25) is 9.78 Å². The van der Waals surface area contributed by atoms with Gasteiger partial charge in [0.2, 0.25) is 6.41 Å². The van der Waals surface area contributed by atoms with Crippen LogP contribution in [0.5, 0.6) is 0 Å². The van der Waals surface area contributed by atoms with Gasteiger partial charge >= 0.3 is 0 Å². The summed E-state index contributed by atoms with van der Waals surface area (Å²) in [5.74, 6) is 0.722. The van der Waals surface area contributed by atoms with Gasteiger partial charge in [-0.25, -0.2) is 9.97 Å². The average Bonchev–Trinajstić information content (AvgIpc) is 2.73. The average molecular weight is 348 g/mol. The van der Waals surface area contributed by atoms with Gasteiger partial charge in [-0.05, 0) is 18.2 Å². The summed E-state index contributed by atoms with van der Waals surface area (Å²) in [6.07, 6.45) is 4.28. The summed E-state index contributed by atoms with van der Waals surface area (Å²) in [4.78, 5) is 28.4. The van der Waals surface area contributed by atoms with Crippen LogP contribution in [0.3, 0.4) is 0 Å². The van der Waals surface area contributed by atoms with Gasteiger partial charge in [-0.1, -0.05) is 12.1 Å². The van der Waals surface area contributed by atoms with Crippen molar-refractivity contribution >= 4 is 28.9 Å². The fourth-order valence-corrected chi connectivity index (χ4v) is 3.22. The van der Waals surface area contributed by atoms with Crippen molar-refractivity contribution in [1.82, 2.24) is 19.9 Å². The molecule has 7 heteroatoms. The molecule has 132 valence electrons. The molecule has 0 unspecified atom stereocenters. The number of hydrogen-bond acceptors (Lipinski definition) is 6. The summed E-state index contributed by atoms with van der Waals surface area (Å²) in [6, 6.07) is 10.3. The highest BCUT2D eigenvalue weighted by Crippen LogP contribution is 2.27. The lowest BCUT2D eigenvalue weighted by Gasteiger charge is -2.34. The second kappa shape index (κ2) is 6.95. The molecule has 3 aromatic rings. The topological polar surface area (TPSA) is 74.2 Å². The molecule has 0 radical (unpaired) electrons. The third-order valence-electron chi connectivity index (χ3n) is 4.68. The minimum atomic E-state index is 0.722. The van der Waals surface area contributed by atoms with Crippen molar-refractivity contribution in [3.8, 4) is 11.3 Å². The smallest absolute Gasteiger partial charge is 0.209 e. The molecule has 1 saturated heterocycles. The monoisotopic (exact) mass is 348 g/mol. The van der Waals surface area contributed by atoms with E-state index in [1.807, 2.05) is 18.0 Å². The SMILES string of the molecule is CNc1nc(-c2ccc(N3CCN(C=O)CC3)cc2)cc2nccnc12. The maximum absolute atomic E-state index is 10.8. The molecule has 0 aliphatic carbocycles. The van der Waals surface area contributed by atoms with Gasteiger partial charge in [-0.15, -0.1) is 0 Å². The highest BCUT2D eigenvalue weighted by molar-refractivity contribution is 5.88. The van der Waals surface area contributed by atoms with Crippen LogP contribution >= 0.6 is 0 Å². The summed E-state index contributed by atoms with van der Waals surface area (Å²) < 4.78 is 0. The Morgan fingerprint density at radius 3 is 2.46 bits per heavy atom. The number of carbonyl (C=O) groups excluding carboxylic acids is 1. The first kappa shape index (κ1) is 16.3. The first-order valence-electron chi connectivity index (χ1n) is 8.63. The van der Waals surface area contributed by atoms with E-state index in [0.29, 0.717) is 0 Å². The number of nitrogens with one attached hydrogen (secondary N) is 1. The Morgan fingerprint density at radius 1 is 1.04 bits per heavy atom. The van der Waals surface area contributed by atoms with E-state index in [2.05, 4.69) is 49.4 Å². The van der Waals surface area contributed by atoms with E-state index in [4.69, 9.17) is 0 Å². The molecule has 0 saturated carbocycles. The van der Waals surface area contributed by atoms with Crippen molar-refractivity contribution in [3.05, 3.63) is 42.7 Å². The standard InChI is InChI=1S/C19H20N6O/c1-20-19-18-17(21-6-7-22-18)12-16(23-19)14-2-4-15(5-3-14)25-10-8-24(13-26)9-11-25/h2-7,12-13H,8-11H2,1H3,(H,20,23). The summed E-state index contributed by atoms with van der Waals surface area (Å²) in [6.45, 7) is 3.24. The maximum Gasteiger partial charge on any atom is 0.209 e. The zero-order valence-corrected chi connectivity index (χ0v) is 14.6. The third kappa shape index (κ3) is 3.03. The Bertz CT molecular complexity index is 919. The van der Waals surface area contributed by atoms with Crippen LogP contribution in [-0.2, 0) is 4.79 Å². The number of hydrogen-bond donors (Lipinski definition) is 1. The Balaban J connectivity index is 1.61.